The van der Waals surface area contributed by atoms with E-state index >= 15 is 0 Å². The van der Waals surface area contributed by atoms with Crippen LogP contribution in [-0.4, -0.2) is 19.6 Å². The topological polar surface area (TPSA) is 59.6 Å². The first-order valence-corrected chi connectivity index (χ1v) is 8.62. The van der Waals surface area contributed by atoms with Gasteiger partial charge in [0.15, 0.2) is 0 Å². The molecule has 2 aliphatic rings. The summed E-state index contributed by atoms with van der Waals surface area (Å²) in [6, 6.07) is 12.1. The maximum atomic E-state index is 12.5. The number of hydrogen-bond donors (Lipinski definition) is 2. The minimum Gasteiger partial charge on any atom is -0.497 e. The molecule has 0 saturated heterocycles. The first-order chi connectivity index (χ1) is 12.2. The number of benzene rings is 2. The van der Waals surface area contributed by atoms with E-state index in [0.29, 0.717) is 19.6 Å². The number of rotatable bonds is 4. The second-order valence-electron chi connectivity index (χ2n) is 6.61. The normalized spacial score (nSPS) is 17.3. The van der Waals surface area contributed by atoms with Gasteiger partial charge >= 0.3 is 0 Å². The molecular weight excluding hydrogens is 352 g/mol. The zero-order valence-electron chi connectivity index (χ0n) is 14.7. The molecule has 138 valence electrons. The molecule has 1 amide bonds. The number of fused-ring (bicyclic) bond motifs is 2. The summed E-state index contributed by atoms with van der Waals surface area (Å²) in [5, 5.41) is 6.38. The van der Waals surface area contributed by atoms with Gasteiger partial charge in [-0.2, -0.15) is 0 Å². The Bertz CT molecular complexity index is 810. The third-order valence-corrected chi connectivity index (χ3v) is 4.91. The van der Waals surface area contributed by atoms with Crippen molar-refractivity contribution in [1.82, 2.24) is 10.6 Å². The third kappa shape index (κ3) is 3.79. The van der Waals surface area contributed by atoms with Crippen LogP contribution in [0.5, 0.6) is 11.5 Å². The van der Waals surface area contributed by atoms with Gasteiger partial charge < -0.3 is 20.1 Å². The van der Waals surface area contributed by atoms with Crippen molar-refractivity contribution in [3.05, 3.63) is 58.7 Å². The maximum Gasteiger partial charge on any atom is 0.227 e. The van der Waals surface area contributed by atoms with Crippen LogP contribution in [0.2, 0.25) is 0 Å². The molecular formula is C20H23ClN2O3. The van der Waals surface area contributed by atoms with Crippen molar-refractivity contribution in [2.45, 2.75) is 26.1 Å². The molecule has 0 aromatic heterocycles. The lowest BCUT2D eigenvalue weighted by Crippen LogP contribution is -2.37. The van der Waals surface area contributed by atoms with E-state index < -0.39 is 0 Å². The van der Waals surface area contributed by atoms with Gasteiger partial charge in [-0.1, -0.05) is 18.2 Å². The van der Waals surface area contributed by atoms with E-state index in [1.54, 1.807) is 7.11 Å². The average Bonchev–Trinajstić information content (AvgIpc) is 3.13. The molecule has 0 saturated carbocycles. The minimum atomic E-state index is -0.171. The zero-order chi connectivity index (χ0) is 17.2. The number of halogens is 1. The van der Waals surface area contributed by atoms with Crippen LogP contribution in [-0.2, 0) is 30.8 Å². The largest absolute Gasteiger partial charge is 0.497 e. The highest BCUT2D eigenvalue weighted by atomic mass is 35.5. The lowest BCUT2D eigenvalue weighted by Gasteiger charge is -2.25. The molecule has 2 heterocycles. The van der Waals surface area contributed by atoms with Crippen molar-refractivity contribution < 1.29 is 14.3 Å². The first kappa shape index (κ1) is 18.5. The summed E-state index contributed by atoms with van der Waals surface area (Å²) < 4.78 is 11.0. The second kappa shape index (κ2) is 7.98. The van der Waals surface area contributed by atoms with Crippen LogP contribution in [0, 0.1) is 5.92 Å². The lowest BCUT2D eigenvalue weighted by atomic mass is 9.95. The van der Waals surface area contributed by atoms with Crippen LogP contribution in [0.3, 0.4) is 0 Å². The standard InChI is InChI=1S/C20H22N2O3.ClH/c1-24-18-4-5-19-15(8-18)7-17(12-25-19)20(23)22-9-13-2-3-14-10-21-11-16(14)6-13;/h2-6,8,17,21H,7,9-12H2,1H3,(H,22,23);1H. The number of nitrogens with one attached hydrogen (secondary N) is 2. The number of ether oxygens (including phenoxy) is 2. The van der Waals surface area contributed by atoms with Gasteiger partial charge in [0.05, 0.1) is 13.0 Å². The van der Waals surface area contributed by atoms with Gasteiger partial charge in [-0.15, -0.1) is 12.4 Å². The molecule has 4 rings (SSSR count). The summed E-state index contributed by atoms with van der Waals surface area (Å²) >= 11 is 0. The van der Waals surface area contributed by atoms with Crippen LogP contribution in [0.1, 0.15) is 22.3 Å². The van der Waals surface area contributed by atoms with Crippen LogP contribution in [0.4, 0.5) is 0 Å². The monoisotopic (exact) mass is 374 g/mol. The van der Waals surface area contributed by atoms with E-state index in [-0.39, 0.29) is 24.2 Å². The van der Waals surface area contributed by atoms with E-state index in [1.807, 2.05) is 18.2 Å². The highest BCUT2D eigenvalue weighted by Crippen LogP contribution is 2.30. The molecule has 6 heteroatoms. The van der Waals surface area contributed by atoms with Gasteiger partial charge in [-0.25, -0.2) is 0 Å². The Morgan fingerprint density at radius 3 is 2.88 bits per heavy atom. The van der Waals surface area contributed by atoms with E-state index in [2.05, 4.69) is 28.8 Å². The molecule has 0 aliphatic carbocycles. The van der Waals surface area contributed by atoms with Gasteiger partial charge in [0.2, 0.25) is 5.91 Å². The Morgan fingerprint density at radius 2 is 2.04 bits per heavy atom. The second-order valence-corrected chi connectivity index (χ2v) is 6.61. The molecule has 1 atom stereocenters. The van der Waals surface area contributed by atoms with Crippen LogP contribution in [0.25, 0.3) is 0 Å². The molecule has 5 nitrogen and oxygen atoms in total. The number of hydrogen-bond acceptors (Lipinski definition) is 4. The van der Waals surface area contributed by atoms with Crippen molar-refractivity contribution >= 4 is 18.3 Å². The summed E-state index contributed by atoms with van der Waals surface area (Å²) in [7, 11) is 1.64. The van der Waals surface area contributed by atoms with Gasteiger partial charge in [0, 0.05) is 19.6 Å². The Labute approximate surface area is 159 Å². The van der Waals surface area contributed by atoms with E-state index in [0.717, 1.165) is 35.7 Å². The fourth-order valence-electron chi connectivity index (χ4n) is 3.46. The average molecular weight is 375 g/mol. The Balaban J connectivity index is 0.00000196. The highest BCUT2D eigenvalue weighted by molar-refractivity contribution is 5.85. The summed E-state index contributed by atoms with van der Waals surface area (Å²) in [4.78, 5) is 12.5. The number of carbonyl (C=O) groups excluding carboxylic acids is 1. The van der Waals surface area contributed by atoms with Crippen molar-refractivity contribution in [2.24, 2.45) is 5.92 Å². The molecule has 2 aromatic rings. The molecule has 0 bridgehead atoms. The van der Waals surface area contributed by atoms with E-state index in [9.17, 15) is 4.79 Å². The number of amides is 1. The smallest absolute Gasteiger partial charge is 0.227 e. The predicted molar refractivity (Wildman–Crippen MR) is 102 cm³/mol. The van der Waals surface area contributed by atoms with Crippen molar-refractivity contribution in [3.63, 3.8) is 0 Å². The maximum absolute atomic E-state index is 12.5. The van der Waals surface area contributed by atoms with Crippen molar-refractivity contribution in [2.75, 3.05) is 13.7 Å². The summed E-state index contributed by atoms with van der Waals surface area (Å²) in [6.07, 6.45) is 0.673. The minimum absolute atomic E-state index is 0. The van der Waals surface area contributed by atoms with Gasteiger partial charge in [-0.3, -0.25) is 4.79 Å². The summed E-state index contributed by atoms with van der Waals surface area (Å²) in [5.74, 6) is 1.49. The summed E-state index contributed by atoms with van der Waals surface area (Å²) in [5.41, 5.74) is 4.83. The Morgan fingerprint density at radius 1 is 1.19 bits per heavy atom. The van der Waals surface area contributed by atoms with Gasteiger partial charge in [0.25, 0.3) is 0 Å². The Kier molecular flexibility index (Phi) is 5.69. The molecule has 2 aliphatic heterocycles. The summed E-state index contributed by atoms with van der Waals surface area (Å²) in [6.45, 7) is 2.81. The molecule has 0 spiro atoms. The molecule has 1 unspecified atom stereocenters. The molecule has 2 aromatic carbocycles. The lowest BCUT2D eigenvalue weighted by molar-refractivity contribution is -0.126. The quantitative estimate of drug-likeness (QED) is 0.863. The number of carbonyl (C=O) groups is 1. The van der Waals surface area contributed by atoms with Crippen LogP contribution < -0.4 is 20.1 Å². The van der Waals surface area contributed by atoms with E-state index in [1.165, 1.54) is 11.1 Å². The fourth-order valence-corrected chi connectivity index (χ4v) is 3.46. The van der Waals surface area contributed by atoms with Crippen LogP contribution in [0.15, 0.2) is 36.4 Å². The van der Waals surface area contributed by atoms with Gasteiger partial charge in [0.1, 0.15) is 18.1 Å². The molecule has 0 fully saturated rings. The van der Waals surface area contributed by atoms with Gasteiger partial charge in [-0.05, 0) is 46.9 Å². The predicted octanol–water partition coefficient (Wildman–Crippen LogP) is 2.59. The zero-order valence-corrected chi connectivity index (χ0v) is 15.5. The highest BCUT2D eigenvalue weighted by Gasteiger charge is 2.26. The van der Waals surface area contributed by atoms with Crippen molar-refractivity contribution in [1.29, 1.82) is 0 Å². The molecule has 0 radical (unpaired) electrons. The first-order valence-electron chi connectivity index (χ1n) is 8.62. The van der Waals surface area contributed by atoms with Crippen molar-refractivity contribution in [3.8, 4) is 11.5 Å². The number of methoxy groups -OCH3 is 1. The molecule has 2 N–H and O–H groups in total. The third-order valence-electron chi connectivity index (χ3n) is 4.91. The van der Waals surface area contributed by atoms with E-state index in [4.69, 9.17) is 9.47 Å². The SMILES string of the molecule is COc1ccc2c(c1)CC(C(=O)NCc1ccc3c(c1)CNC3)CO2.Cl. The van der Waals surface area contributed by atoms with Crippen LogP contribution >= 0.6 is 12.4 Å². The Hall–Kier alpha value is -2.24. The fraction of sp³-hybridized carbons (Fsp3) is 0.350. The molecule has 26 heavy (non-hydrogen) atoms.